The van der Waals surface area contributed by atoms with Crippen molar-refractivity contribution < 1.29 is 38.4 Å². The minimum Gasteiger partial charge on any atom is -0.496 e. The topological polar surface area (TPSA) is 134 Å². The number of nitrogens with zero attached hydrogens (tertiary/aromatic N) is 3. The Labute approximate surface area is 333 Å². The molecule has 302 valence electrons. The summed E-state index contributed by atoms with van der Waals surface area (Å²) in [5.74, 6) is -1.31. The van der Waals surface area contributed by atoms with Crippen LogP contribution in [-0.4, -0.2) is 116 Å². The number of aliphatic hydroxyl groups is 1. The van der Waals surface area contributed by atoms with E-state index in [1.165, 1.54) is 26.7 Å². The maximum absolute atomic E-state index is 15.2. The molecule has 6 heterocycles. The number of hydrogen-bond acceptors (Lipinski definition) is 11. The second-order valence-corrected chi connectivity index (χ2v) is 17.2. The van der Waals surface area contributed by atoms with Crippen LogP contribution in [0.4, 0.5) is 5.69 Å². The summed E-state index contributed by atoms with van der Waals surface area (Å²) >= 11 is 0. The molecule has 0 radical (unpaired) electrons. The number of aromatic nitrogens is 1. The highest BCUT2D eigenvalue weighted by molar-refractivity contribution is 5.95. The standard InChI is InChI=1S/C45H54N4O8/c1-8-27-19-28-22-44(40(51)55-6,36-30(25-48(23-27)24-28)29-13-10-11-14-33(29)46-36)32-20-31-34(21-35(32)54-5)47(4)38-43(31)16-18-49-17-12-15-42(9-2,37(43)49)39(57-26(3)50)45(38,53)41(52)56-7/h10-15,19-21,28,37-39,46,53H,8-9,16-18,22-25H2,1-7H3/t28-,37+,38+,39?,42+,43-,44-,45-/m0/s1. The number of methoxy groups -OCH3 is 3. The Morgan fingerprint density at radius 3 is 2.47 bits per heavy atom. The van der Waals surface area contributed by atoms with Gasteiger partial charge in [-0.2, -0.15) is 0 Å². The van der Waals surface area contributed by atoms with Crippen molar-refractivity contribution in [3.8, 4) is 5.75 Å². The summed E-state index contributed by atoms with van der Waals surface area (Å²) in [6, 6.07) is 11.2. The number of hydrogen-bond donors (Lipinski definition) is 2. The van der Waals surface area contributed by atoms with Crippen LogP contribution in [0.5, 0.6) is 5.75 Å². The molecule has 9 atom stereocenters. The molecule has 2 N–H and O–H groups in total. The molecule has 9 rings (SSSR count). The Bertz CT molecular complexity index is 2250. The highest BCUT2D eigenvalue weighted by Crippen LogP contribution is 2.68. The Morgan fingerprint density at radius 2 is 1.77 bits per heavy atom. The number of para-hydroxylation sites is 1. The first-order valence-electron chi connectivity index (χ1n) is 20.3. The molecule has 2 bridgehead atoms. The fourth-order valence-electron chi connectivity index (χ4n) is 12.8. The predicted octanol–water partition coefficient (Wildman–Crippen LogP) is 4.75. The van der Waals surface area contributed by atoms with Gasteiger partial charge >= 0.3 is 17.9 Å². The first-order chi connectivity index (χ1) is 27.4. The van der Waals surface area contributed by atoms with Gasteiger partial charge < -0.3 is 33.9 Å². The number of carbonyl (C=O) groups excluding carboxylic acids is 3. The number of carbonyl (C=O) groups is 3. The van der Waals surface area contributed by atoms with Gasteiger partial charge in [0.15, 0.2) is 6.10 Å². The number of likely N-dealkylation sites (N-methyl/N-ethyl adjacent to an activating group) is 1. The predicted molar refractivity (Wildman–Crippen MR) is 214 cm³/mol. The average Bonchev–Trinajstić information content (AvgIpc) is 3.87. The smallest absolute Gasteiger partial charge is 0.344 e. The lowest BCUT2D eigenvalue weighted by molar-refractivity contribution is -0.228. The largest absolute Gasteiger partial charge is 0.496 e. The lowest BCUT2D eigenvalue weighted by atomic mass is 9.47. The fraction of sp³-hybridized carbons (Fsp3) is 0.533. The zero-order chi connectivity index (χ0) is 40.2. The second-order valence-electron chi connectivity index (χ2n) is 17.2. The third-order valence-electron chi connectivity index (χ3n) is 14.8. The summed E-state index contributed by atoms with van der Waals surface area (Å²) in [7, 11) is 6.22. The molecule has 1 aromatic heterocycles. The van der Waals surface area contributed by atoms with Gasteiger partial charge in [-0.3, -0.25) is 19.4 Å². The summed E-state index contributed by atoms with van der Waals surface area (Å²) in [5, 5.41) is 14.4. The van der Waals surface area contributed by atoms with E-state index in [0.29, 0.717) is 50.2 Å². The van der Waals surface area contributed by atoms with Crippen LogP contribution >= 0.6 is 0 Å². The van der Waals surface area contributed by atoms with Gasteiger partial charge in [-0.05, 0) is 61.4 Å². The molecule has 5 aliphatic heterocycles. The number of rotatable bonds is 7. The van der Waals surface area contributed by atoms with Gasteiger partial charge in [-0.1, -0.05) is 55.8 Å². The van der Waals surface area contributed by atoms with E-state index < -0.39 is 45.9 Å². The van der Waals surface area contributed by atoms with Gasteiger partial charge in [0.25, 0.3) is 0 Å². The molecule has 12 heteroatoms. The van der Waals surface area contributed by atoms with Gasteiger partial charge in [0, 0.05) is 90.9 Å². The number of anilines is 1. The van der Waals surface area contributed by atoms with E-state index in [-0.39, 0.29) is 17.9 Å². The van der Waals surface area contributed by atoms with Crippen molar-refractivity contribution in [1.82, 2.24) is 14.8 Å². The van der Waals surface area contributed by atoms with Crippen LogP contribution in [-0.2, 0) is 46.0 Å². The summed E-state index contributed by atoms with van der Waals surface area (Å²) in [5.41, 5.74) is 1.05. The number of nitrogens with one attached hydrogen (secondary N) is 1. The van der Waals surface area contributed by atoms with Crippen molar-refractivity contribution in [2.75, 3.05) is 59.5 Å². The first-order valence-corrected chi connectivity index (χ1v) is 20.3. The minimum absolute atomic E-state index is 0.0284. The van der Waals surface area contributed by atoms with Crippen molar-refractivity contribution in [1.29, 1.82) is 0 Å². The van der Waals surface area contributed by atoms with Crippen LogP contribution in [0.1, 0.15) is 68.8 Å². The van der Waals surface area contributed by atoms with E-state index in [0.717, 1.165) is 52.9 Å². The van der Waals surface area contributed by atoms with Crippen molar-refractivity contribution in [3.63, 3.8) is 0 Å². The van der Waals surface area contributed by atoms with Crippen LogP contribution in [0, 0.1) is 11.3 Å². The Morgan fingerprint density at radius 1 is 1.00 bits per heavy atom. The van der Waals surface area contributed by atoms with E-state index in [4.69, 9.17) is 18.9 Å². The van der Waals surface area contributed by atoms with Crippen LogP contribution in [0.3, 0.4) is 0 Å². The molecule has 2 fully saturated rings. The number of H-pyrrole nitrogens is 1. The van der Waals surface area contributed by atoms with Crippen molar-refractivity contribution >= 4 is 34.5 Å². The normalized spacial score (nSPS) is 34.9. The van der Waals surface area contributed by atoms with Gasteiger partial charge in [0.1, 0.15) is 11.2 Å². The summed E-state index contributed by atoms with van der Waals surface area (Å²) in [6.45, 7) is 9.19. The van der Waals surface area contributed by atoms with Gasteiger partial charge in [0.2, 0.25) is 5.60 Å². The molecule has 2 unspecified atom stereocenters. The molecular formula is C45H54N4O8. The molecule has 1 spiro atoms. The number of fused-ring (bicyclic) bond motifs is 6. The molecule has 57 heavy (non-hydrogen) atoms. The quantitative estimate of drug-likeness (QED) is 0.196. The third-order valence-corrected chi connectivity index (χ3v) is 14.8. The van der Waals surface area contributed by atoms with Crippen molar-refractivity contribution in [2.45, 2.75) is 87.6 Å². The Kier molecular flexibility index (Phi) is 8.77. The van der Waals surface area contributed by atoms with Gasteiger partial charge in [-0.15, -0.1) is 0 Å². The summed E-state index contributed by atoms with van der Waals surface area (Å²) in [4.78, 5) is 53.1. The van der Waals surface area contributed by atoms with E-state index in [1.54, 1.807) is 7.11 Å². The molecular weight excluding hydrogens is 725 g/mol. The molecule has 1 aliphatic carbocycles. The number of aromatic amines is 1. The second kappa shape index (κ2) is 13.2. The maximum Gasteiger partial charge on any atom is 0.344 e. The maximum atomic E-state index is 15.2. The first kappa shape index (κ1) is 37.9. The average molecular weight is 779 g/mol. The number of esters is 3. The van der Waals surface area contributed by atoms with Crippen LogP contribution < -0.4 is 9.64 Å². The summed E-state index contributed by atoms with van der Waals surface area (Å²) in [6.07, 6.45) is 7.67. The monoisotopic (exact) mass is 778 g/mol. The number of ether oxygens (including phenoxy) is 4. The molecule has 6 aliphatic rings. The zero-order valence-corrected chi connectivity index (χ0v) is 34.0. The van der Waals surface area contributed by atoms with Crippen LogP contribution in [0.15, 0.2) is 60.2 Å². The molecule has 3 aromatic rings. The van der Waals surface area contributed by atoms with E-state index in [9.17, 15) is 14.7 Å². The van der Waals surface area contributed by atoms with E-state index in [2.05, 4.69) is 58.1 Å². The SMILES string of the molecule is CCC1=C[C@@H]2CN(C1)Cc1c([nH]c3ccccc13)[C@@](C(=O)OC)(c1cc3c(cc1OC)N(C)[C@@H]1[C@@]34CCN3CC=C[C@@](CC)(C(OC(C)=O)[C@]1(O)C(=O)OC)[C@@H]34)C2. The zero-order valence-electron chi connectivity index (χ0n) is 34.0. The van der Waals surface area contributed by atoms with E-state index in [1.807, 2.05) is 37.1 Å². The van der Waals surface area contributed by atoms with Crippen LogP contribution in [0.2, 0.25) is 0 Å². The van der Waals surface area contributed by atoms with E-state index >= 15 is 4.79 Å². The molecule has 2 aromatic carbocycles. The van der Waals surface area contributed by atoms with Gasteiger partial charge in [0.05, 0.1) is 27.4 Å². The molecule has 1 saturated heterocycles. The van der Waals surface area contributed by atoms with Crippen molar-refractivity contribution in [3.05, 3.63) is 82.6 Å². The molecule has 0 amide bonds. The van der Waals surface area contributed by atoms with Crippen LogP contribution in [0.25, 0.3) is 10.9 Å². The lowest BCUT2D eigenvalue weighted by Gasteiger charge is -2.63. The highest BCUT2D eigenvalue weighted by atomic mass is 16.6. The lowest BCUT2D eigenvalue weighted by Crippen LogP contribution is -2.81. The summed E-state index contributed by atoms with van der Waals surface area (Å²) < 4.78 is 23.9. The van der Waals surface area contributed by atoms with Crippen molar-refractivity contribution in [2.24, 2.45) is 11.3 Å². The molecule has 12 nitrogen and oxygen atoms in total. The minimum atomic E-state index is -2.27. The Hall–Kier alpha value is -4.65. The highest BCUT2D eigenvalue weighted by Gasteiger charge is 2.80. The van der Waals surface area contributed by atoms with Gasteiger partial charge in [-0.25, -0.2) is 4.79 Å². The Balaban J connectivity index is 1.37. The number of benzene rings is 2. The third kappa shape index (κ3) is 4.80. The fourth-order valence-corrected chi connectivity index (χ4v) is 12.8. The molecule has 1 saturated carbocycles.